The summed E-state index contributed by atoms with van der Waals surface area (Å²) in [4.78, 5) is 38.6. The number of benzene rings is 1. The first-order valence-electron chi connectivity index (χ1n) is 10.3. The third-order valence-corrected chi connectivity index (χ3v) is 5.60. The zero-order valence-corrected chi connectivity index (χ0v) is 17.7. The van der Waals surface area contributed by atoms with Crippen LogP contribution in [0, 0.1) is 0 Å². The van der Waals surface area contributed by atoms with E-state index in [-0.39, 0.29) is 23.5 Å². The molecular weight excluding hydrogens is 402 g/mol. The SMILES string of the molecule is O=C(/C=C/c1ccccc1)NC(=S)N1CCNC(=O)C1CC(=O)OC1CCCCC1. The van der Waals surface area contributed by atoms with Gasteiger partial charge in [0.2, 0.25) is 11.8 Å². The number of thiocarbonyl (C=S) groups is 1. The van der Waals surface area contributed by atoms with Crippen molar-refractivity contribution >= 4 is 41.2 Å². The van der Waals surface area contributed by atoms with E-state index in [0.717, 1.165) is 31.2 Å². The van der Waals surface area contributed by atoms with E-state index in [4.69, 9.17) is 17.0 Å². The highest BCUT2D eigenvalue weighted by Gasteiger charge is 2.34. The lowest BCUT2D eigenvalue weighted by Gasteiger charge is -2.36. The van der Waals surface area contributed by atoms with Gasteiger partial charge in [-0.05, 0) is 49.5 Å². The van der Waals surface area contributed by atoms with Gasteiger partial charge in [0, 0.05) is 19.2 Å². The first-order valence-corrected chi connectivity index (χ1v) is 10.8. The molecule has 1 saturated heterocycles. The molecular formula is C22H27N3O4S. The Labute approximate surface area is 181 Å². The molecule has 2 amide bonds. The average Bonchev–Trinajstić information content (AvgIpc) is 2.75. The molecule has 0 bridgehead atoms. The number of amides is 2. The number of carbonyl (C=O) groups excluding carboxylic acids is 3. The van der Waals surface area contributed by atoms with Crippen LogP contribution in [-0.4, -0.2) is 53.0 Å². The average molecular weight is 430 g/mol. The van der Waals surface area contributed by atoms with Crippen molar-refractivity contribution in [2.75, 3.05) is 13.1 Å². The van der Waals surface area contributed by atoms with Crippen LogP contribution < -0.4 is 10.6 Å². The molecule has 1 saturated carbocycles. The number of ether oxygens (including phenoxy) is 1. The van der Waals surface area contributed by atoms with Crippen molar-refractivity contribution in [1.82, 2.24) is 15.5 Å². The van der Waals surface area contributed by atoms with Gasteiger partial charge < -0.3 is 15.0 Å². The number of esters is 1. The van der Waals surface area contributed by atoms with E-state index in [2.05, 4.69) is 10.6 Å². The molecule has 2 aliphatic rings. The van der Waals surface area contributed by atoms with Crippen LogP contribution in [0.2, 0.25) is 0 Å². The molecule has 2 N–H and O–H groups in total. The summed E-state index contributed by atoms with van der Waals surface area (Å²) in [6.07, 6.45) is 7.92. The minimum absolute atomic E-state index is 0.0684. The fourth-order valence-electron chi connectivity index (χ4n) is 3.69. The molecule has 1 atom stereocenters. The van der Waals surface area contributed by atoms with Crippen molar-refractivity contribution in [3.8, 4) is 0 Å². The van der Waals surface area contributed by atoms with Crippen molar-refractivity contribution in [2.24, 2.45) is 0 Å². The normalized spacial score (nSPS) is 19.9. The Morgan fingerprint density at radius 3 is 2.67 bits per heavy atom. The summed E-state index contributed by atoms with van der Waals surface area (Å²) < 4.78 is 5.55. The molecule has 0 radical (unpaired) electrons. The largest absolute Gasteiger partial charge is 0.462 e. The van der Waals surface area contributed by atoms with Gasteiger partial charge in [-0.25, -0.2) is 0 Å². The first kappa shape index (κ1) is 22.0. The van der Waals surface area contributed by atoms with Gasteiger partial charge in [0.25, 0.3) is 0 Å². The van der Waals surface area contributed by atoms with Crippen LogP contribution >= 0.6 is 12.2 Å². The van der Waals surface area contributed by atoms with Crippen molar-refractivity contribution in [1.29, 1.82) is 0 Å². The maximum absolute atomic E-state index is 12.4. The van der Waals surface area contributed by atoms with Crippen LogP contribution in [0.4, 0.5) is 0 Å². The second-order valence-corrected chi connectivity index (χ2v) is 7.88. The molecule has 0 spiro atoms. The predicted molar refractivity (Wildman–Crippen MR) is 117 cm³/mol. The number of hydrogen-bond acceptors (Lipinski definition) is 5. The number of hydrogen-bond donors (Lipinski definition) is 2. The fourth-order valence-corrected chi connectivity index (χ4v) is 4.01. The second kappa shape index (κ2) is 10.9. The monoisotopic (exact) mass is 429 g/mol. The van der Waals surface area contributed by atoms with Gasteiger partial charge in [-0.3, -0.25) is 19.7 Å². The number of nitrogens with one attached hydrogen (secondary N) is 2. The molecule has 1 aliphatic heterocycles. The van der Waals surface area contributed by atoms with Crippen LogP contribution in [0.15, 0.2) is 36.4 Å². The molecule has 3 rings (SSSR count). The van der Waals surface area contributed by atoms with E-state index in [9.17, 15) is 14.4 Å². The third kappa shape index (κ3) is 6.38. The summed E-state index contributed by atoms with van der Waals surface area (Å²) in [7, 11) is 0. The number of carbonyl (C=O) groups is 3. The summed E-state index contributed by atoms with van der Waals surface area (Å²) >= 11 is 5.35. The minimum Gasteiger partial charge on any atom is -0.462 e. The van der Waals surface area contributed by atoms with Crippen LogP contribution in [0.1, 0.15) is 44.1 Å². The summed E-state index contributed by atoms with van der Waals surface area (Å²) in [5, 5.41) is 5.50. The Morgan fingerprint density at radius 2 is 1.93 bits per heavy atom. The lowest BCUT2D eigenvalue weighted by atomic mass is 9.98. The Hall–Kier alpha value is -2.74. The quantitative estimate of drug-likeness (QED) is 0.424. The number of piperazine rings is 1. The van der Waals surface area contributed by atoms with Crippen LogP contribution in [0.5, 0.6) is 0 Å². The first-order chi connectivity index (χ1) is 14.5. The third-order valence-electron chi connectivity index (χ3n) is 5.26. The van der Waals surface area contributed by atoms with Gasteiger partial charge in [-0.15, -0.1) is 0 Å². The zero-order valence-electron chi connectivity index (χ0n) is 16.8. The number of nitrogens with zero attached hydrogens (tertiary/aromatic N) is 1. The molecule has 1 aliphatic carbocycles. The molecule has 1 aromatic rings. The molecule has 8 heteroatoms. The molecule has 0 aromatic heterocycles. The van der Waals surface area contributed by atoms with Gasteiger partial charge in [0.15, 0.2) is 5.11 Å². The highest BCUT2D eigenvalue weighted by molar-refractivity contribution is 7.80. The van der Waals surface area contributed by atoms with E-state index < -0.39 is 17.9 Å². The van der Waals surface area contributed by atoms with Gasteiger partial charge in [-0.2, -0.15) is 0 Å². The van der Waals surface area contributed by atoms with Crippen molar-refractivity contribution in [2.45, 2.75) is 50.7 Å². The molecule has 1 aromatic carbocycles. The second-order valence-electron chi connectivity index (χ2n) is 7.49. The fraction of sp³-hybridized carbons (Fsp3) is 0.455. The highest BCUT2D eigenvalue weighted by Crippen LogP contribution is 2.21. The Morgan fingerprint density at radius 1 is 1.20 bits per heavy atom. The summed E-state index contributed by atoms with van der Waals surface area (Å²) in [5.74, 6) is -1.09. The van der Waals surface area contributed by atoms with Gasteiger partial charge >= 0.3 is 5.97 Å². The summed E-state index contributed by atoms with van der Waals surface area (Å²) in [5.41, 5.74) is 0.888. The van der Waals surface area contributed by atoms with E-state index in [1.165, 1.54) is 12.5 Å². The molecule has 160 valence electrons. The van der Waals surface area contributed by atoms with Crippen LogP contribution in [0.3, 0.4) is 0 Å². The van der Waals surface area contributed by atoms with E-state index >= 15 is 0 Å². The maximum atomic E-state index is 12.4. The Kier molecular flexibility index (Phi) is 7.96. The predicted octanol–water partition coefficient (Wildman–Crippen LogP) is 2.17. The molecule has 1 unspecified atom stereocenters. The van der Waals surface area contributed by atoms with E-state index in [1.807, 2.05) is 30.3 Å². The summed E-state index contributed by atoms with van der Waals surface area (Å²) in [6.45, 7) is 0.803. The Bertz CT molecular complexity index is 806. The van der Waals surface area contributed by atoms with Gasteiger partial charge in [0.05, 0.1) is 6.42 Å². The highest BCUT2D eigenvalue weighted by atomic mass is 32.1. The molecule has 30 heavy (non-hydrogen) atoms. The van der Waals surface area contributed by atoms with Crippen molar-refractivity contribution in [3.05, 3.63) is 42.0 Å². The van der Waals surface area contributed by atoms with Gasteiger partial charge in [-0.1, -0.05) is 36.8 Å². The molecule has 7 nitrogen and oxygen atoms in total. The summed E-state index contributed by atoms with van der Waals surface area (Å²) in [6, 6.07) is 8.63. The smallest absolute Gasteiger partial charge is 0.308 e. The van der Waals surface area contributed by atoms with Crippen molar-refractivity contribution in [3.63, 3.8) is 0 Å². The standard InChI is InChI=1S/C22H27N3O4S/c26-19(12-11-16-7-3-1-4-8-16)24-22(30)25-14-13-23-21(28)18(25)15-20(27)29-17-9-5-2-6-10-17/h1,3-4,7-8,11-12,17-18H,2,5-6,9-10,13-15H2,(H,23,28)(H,24,26,30)/b12-11+. The van der Waals surface area contributed by atoms with Crippen LogP contribution in [-0.2, 0) is 19.1 Å². The topological polar surface area (TPSA) is 87.7 Å². The lowest BCUT2D eigenvalue weighted by Crippen LogP contribution is -2.60. The van der Waals surface area contributed by atoms with E-state index in [1.54, 1.807) is 11.0 Å². The van der Waals surface area contributed by atoms with E-state index in [0.29, 0.717) is 13.1 Å². The lowest BCUT2D eigenvalue weighted by molar-refractivity contribution is -0.153. The maximum Gasteiger partial charge on any atom is 0.308 e. The number of rotatable bonds is 5. The van der Waals surface area contributed by atoms with Gasteiger partial charge in [0.1, 0.15) is 12.1 Å². The zero-order chi connectivity index (χ0) is 21.3. The van der Waals surface area contributed by atoms with Crippen molar-refractivity contribution < 1.29 is 19.1 Å². The Balaban J connectivity index is 1.56. The molecule has 2 fully saturated rings. The molecule has 1 heterocycles. The van der Waals surface area contributed by atoms with Crippen LogP contribution in [0.25, 0.3) is 6.08 Å². The minimum atomic E-state index is -0.791.